The smallest absolute Gasteiger partial charge is 0.256 e. The molecule has 1 unspecified atom stereocenters. The maximum Gasteiger partial charge on any atom is 0.256 e. The molecule has 0 bridgehead atoms. The van der Waals surface area contributed by atoms with E-state index in [1.807, 2.05) is 0 Å². The van der Waals surface area contributed by atoms with Crippen LogP contribution in [0.1, 0.15) is 10.4 Å². The average molecular weight is 379 g/mol. The highest BCUT2D eigenvalue weighted by molar-refractivity contribution is 9.10. The van der Waals surface area contributed by atoms with Gasteiger partial charge in [0.1, 0.15) is 5.37 Å². The van der Waals surface area contributed by atoms with Crippen LogP contribution in [0.2, 0.25) is 0 Å². The summed E-state index contributed by atoms with van der Waals surface area (Å²) < 4.78 is 24.2. The van der Waals surface area contributed by atoms with E-state index in [0.717, 1.165) is 12.0 Å². The molecular weight excluding hydrogens is 364 g/mol. The summed E-state index contributed by atoms with van der Waals surface area (Å²) in [4.78, 5) is 14.0. The Hall–Kier alpha value is -0.730. The van der Waals surface area contributed by atoms with Crippen molar-refractivity contribution in [3.8, 4) is 0 Å². The maximum absolute atomic E-state index is 12.6. The summed E-state index contributed by atoms with van der Waals surface area (Å²) in [5.74, 6) is 0.835. The Bertz CT molecular complexity index is 634. The van der Waals surface area contributed by atoms with Gasteiger partial charge < -0.3 is 10.6 Å². The second kappa shape index (κ2) is 5.95. The monoisotopic (exact) mass is 378 g/mol. The van der Waals surface area contributed by atoms with Gasteiger partial charge in [0.05, 0.1) is 10.0 Å². The lowest BCUT2D eigenvalue weighted by atomic mass is 10.1. The molecule has 1 atom stereocenters. The molecule has 2 rings (SSSR count). The van der Waals surface area contributed by atoms with Crippen molar-refractivity contribution in [2.24, 2.45) is 0 Å². The van der Waals surface area contributed by atoms with Gasteiger partial charge in [-0.05, 0) is 28.1 Å². The summed E-state index contributed by atoms with van der Waals surface area (Å²) in [6.07, 6.45) is 1.16. The number of benzene rings is 1. The molecule has 0 spiro atoms. The summed E-state index contributed by atoms with van der Waals surface area (Å²) in [7, 11) is -3.31. The van der Waals surface area contributed by atoms with Crippen LogP contribution in [0.15, 0.2) is 22.7 Å². The summed E-state index contributed by atoms with van der Waals surface area (Å²) in [6.45, 7) is 0.419. The number of halogens is 1. The van der Waals surface area contributed by atoms with E-state index in [-0.39, 0.29) is 5.91 Å². The number of nitrogens with two attached hydrogens (primary N) is 1. The van der Waals surface area contributed by atoms with Crippen LogP contribution in [-0.2, 0) is 9.84 Å². The number of carbonyl (C=O) groups is 1. The number of hydrogen-bond acceptors (Lipinski definition) is 5. The SMILES string of the molecule is CS(=O)(=O)C1CSCCN1C(=O)c1cccc(N)c1Br. The van der Waals surface area contributed by atoms with Crippen molar-refractivity contribution in [1.29, 1.82) is 0 Å². The second-order valence-electron chi connectivity index (χ2n) is 4.57. The van der Waals surface area contributed by atoms with Crippen LogP contribution in [0.25, 0.3) is 0 Å². The number of anilines is 1. The Morgan fingerprint density at radius 1 is 1.50 bits per heavy atom. The van der Waals surface area contributed by atoms with Gasteiger partial charge >= 0.3 is 0 Å². The first-order chi connectivity index (χ1) is 9.32. The maximum atomic E-state index is 12.6. The first-order valence-electron chi connectivity index (χ1n) is 5.94. The van der Waals surface area contributed by atoms with Gasteiger partial charge in [0, 0.05) is 30.0 Å². The third-order valence-electron chi connectivity index (χ3n) is 3.10. The minimum absolute atomic E-state index is 0.306. The Morgan fingerprint density at radius 3 is 2.85 bits per heavy atom. The molecule has 1 aliphatic heterocycles. The van der Waals surface area contributed by atoms with Gasteiger partial charge in [-0.1, -0.05) is 6.07 Å². The highest BCUT2D eigenvalue weighted by Gasteiger charge is 2.35. The van der Waals surface area contributed by atoms with Gasteiger partial charge in [-0.2, -0.15) is 11.8 Å². The minimum atomic E-state index is -3.31. The molecule has 0 saturated carbocycles. The number of nitrogens with zero attached hydrogens (tertiary/aromatic N) is 1. The van der Waals surface area contributed by atoms with E-state index < -0.39 is 15.2 Å². The topological polar surface area (TPSA) is 80.5 Å². The molecule has 1 fully saturated rings. The molecule has 1 heterocycles. The lowest BCUT2D eigenvalue weighted by Crippen LogP contribution is -2.50. The van der Waals surface area contributed by atoms with Crippen LogP contribution >= 0.6 is 27.7 Å². The summed E-state index contributed by atoms with van der Waals surface area (Å²) >= 11 is 4.83. The number of sulfone groups is 1. The molecule has 20 heavy (non-hydrogen) atoms. The molecule has 8 heteroatoms. The number of amides is 1. The lowest BCUT2D eigenvalue weighted by Gasteiger charge is -2.34. The van der Waals surface area contributed by atoms with Crippen LogP contribution < -0.4 is 5.73 Å². The molecule has 1 amide bonds. The highest BCUT2D eigenvalue weighted by atomic mass is 79.9. The first kappa shape index (κ1) is 15.7. The number of rotatable bonds is 2. The van der Waals surface area contributed by atoms with Gasteiger partial charge in [0.2, 0.25) is 0 Å². The van der Waals surface area contributed by atoms with Gasteiger partial charge in [0.15, 0.2) is 9.84 Å². The van der Waals surface area contributed by atoms with Crippen molar-refractivity contribution >= 4 is 49.1 Å². The fourth-order valence-corrected chi connectivity index (χ4v) is 5.29. The minimum Gasteiger partial charge on any atom is -0.398 e. The van der Waals surface area contributed by atoms with Crippen molar-refractivity contribution < 1.29 is 13.2 Å². The van der Waals surface area contributed by atoms with Crippen LogP contribution in [0.3, 0.4) is 0 Å². The predicted octanol–water partition coefficient (Wildman–Crippen LogP) is 1.59. The highest BCUT2D eigenvalue weighted by Crippen LogP contribution is 2.28. The van der Waals surface area contributed by atoms with Crippen molar-refractivity contribution in [2.75, 3.05) is 30.0 Å². The third kappa shape index (κ3) is 3.12. The van der Waals surface area contributed by atoms with Crippen LogP contribution in [0.5, 0.6) is 0 Å². The van der Waals surface area contributed by atoms with E-state index >= 15 is 0 Å². The second-order valence-corrected chi connectivity index (χ2v) is 8.71. The molecule has 110 valence electrons. The van der Waals surface area contributed by atoms with E-state index in [0.29, 0.717) is 28.0 Å². The van der Waals surface area contributed by atoms with Crippen LogP contribution in [0, 0.1) is 0 Å². The zero-order valence-corrected chi connectivity index (χ0v) is 14.1. The molecule has 2 N–H and O–H groups in total. The van der Waals surface area contributed by atoms with Crippen molar-refractivity contribution in [2.45, 2.75) is 5.37 Å². The fraction of sp³-hybridized carbons (Fsp3) is 0.417. The predicted molar refractivity (Wildman–Crippen MR) is 85.5 cm³/mol. The molecular formula is C12H15BrN2O3S2. The van der Waals surface area contributed by atoms with Gasteiger partial charge in [-0.3, -0.25) is 4.79 Å². The quantitative estimate of drug-likeness (QED) is 0.790. The summed E-state index contributed by atoms with van der Waals surface area (Å²) in [5, 5.41) is -0.776. The van der Waals surface area contributed by atoms with E-state index in [1.165, 1.54) is 4.90 Å². The van der Waals surface area contributed by atoms with E-state index in [1.54, 1.807) is 30.0 Å². The zero-order chi connectivity index (χ0) is 14.9. The first-order valence-corrected chi connectivity index (χ1v) is 9.84. The molecule has 1 aliphatic rings. The Kier molecular flexibility index (Phi) is 4.66. The number of carbonyl (C=O) groups excluding carboxylic acids is 1. The van der Waals surface area contributed by atoms with Crippen LogP contribution in [-0.4, -0.2) is 48.9 Å². The number of hydrogen-bond donors (Lipinski definition) is 1. The van der Waals surface area contributed by atoms with E-state index in [2.05, 4.69) is 15.9 Å². The van der Waals surface area contributed by atoms with Crippen molar-refractivity contribution in [1.82, 2.24) is 4.90 Å². The lowest BCUT2D eigenvalue weighted by molar-refractivity contribution is 0.0749. The molecule has 1 aromatic rings. The van der Waals surface area contributed by atoms with Crippen molar-refractivity contribution in [3.63, 3.8) is 0 Å². The largest absolute Gasteiger partial charge is 0.398 e. The van der Waals surface area contributed by atoms with Gasteiger partial charge in [-0.25, -0.2) is 8.42 Å². The van der Waals surface area contributed by atoms with Crippen LogP contribution in [0.4, 0.5) is 5.69 Å². The molecule has 5 nitrogen and oxygen atoms in total. The Balaban J connectivity index is 2.38. The summed E-state index contributed by atoms with van der Waals surface area (Å²) in [5.41, 5.74) is 6.62. The van der Waals surface area contributed by atoms with Gasteiger partial charge in [0.25, 0.3) is 5.91 Å². The molecule has 0 aliphatic carbocycles. The normalized spacial score (nSPS) is 19.9. The summed E-state index contributed by atoms with van der Waals surface area (Å²) in [6, 6.07) is 5.01. The number of thioether (sulfide) groups is 1. The molecule has 1 aromatic carbocycles. The van der Waals surface area contributed by atoms with E-state index in [4.69, 9.17) is 5.73 Å². The Labute approximate surface area is 130 Å². The third-order valence-corrected chi connectivity index (χ3v) is 6.63. The molecule has 1 saturated heterocycles. The molecule has 0 aromatic heterocycles. The zero-order valence-electron chi connectivity index (χ0n) is 10.9. The Morgan fingerprint density at radius 2 is 2.20 bits per heavy atom. The van der Waals surface area contributed by atoms with Crippen molar-refractivity contribution in [3.05, 3.63) is 28.2 Å². The van der Waals surface area contributed by atoms with Gasteiger partial charge in [-0.15, -0.1) is 0 Å². The molecule has 0 radical (unpaired) electrons. The number of nitrogen functional groups attached to an aromatic ring is 1. The standard InChI is InChI=1S/C12H15BrN2O3S2/c1-20(17,18)10-7-19-6-5-15(10)12(16)8-3-2-4-9(14)11(8)13/h2-4,10H,5-7,14H2,1H3. The van der Waals surface area contributed by atoms with E-state index in [9.17, 15) is 13.2 Å². The average Bonchev–Trinajstić information content (AvgIpc) is 2.40. The fourth-order valence-electron chi connectivity index (χ4n) is 2.04.